The van der Waals surface area contributed by atoms with E-state index in [1.165, 1.54) is 6.20 Å². The first kappa shape index (κ1) is 21.7. The van der Waals surface area contributed by atoms with E-state index in [0.717, 1.165) is 11.3 Å². The fraction of sp³-hybridized carbons (Fsp3) is 0.381. The minimum absolute atomic E-state index is 0.170. The summed E-state index contributed by atoms with van der Waals surface area (Å²) in [5.41, 5.74) is 1.63. The summed E-state index contributed by atoms with van der Waals surface area (Å²) in [6, 6.07) is 5.38. The van der Waals surface area contributed by atoms with Crippen molar-refractivity contribution in [1.82, 2.24) is 19.6 Å². The molecule has 8 nitrogen and oxygen atoms in total. The molecule has 0 saturated heterocycles. The molecular formula is C21H26ClN5O3. The van der Waals surface area contributed by atoms with Gasteiger partial charge in [-0.1, -0.05) is 24.6 Å². The van der Waals surface area contributed by atoms with Crippen LogP contribution in [0, 0.1) is 0 Å². The average Bonchev–Trinajstić information content (AvgIpc) is 3.34. The van der Waals surface area contributed by atoms with E-state index in [1.54, 1.807) is 28.0 Å². The number of ether oxygens (including phenoxy) is 2. The molecule has 0 aliphatic rings. The van der Waals surface area contributed by atoms with Crippen LogP contribution in [-0.2, 0) is 11.3 Å². The standard InChI is InChI=1S/C21H26ClN5O3/c1-4-18(27-13-16(22)10-24-27)21(28)25-17-11-23-26(14-17)12-15-7-8-19(29-5-2)20(9-15)30-6-3/h7-11,13-14,18H,4-6,12H2,1-3H3,(H,25,28). The molecule has 160 valence electrons. The zero-order chi connectivity index (χ0) is 21.5. The van der Waals surface area contributed by atoms with Crippen molar-refractivity contribution in [3.8, 4) is 11.5 Å². The number of anilines is 1. The third kappa shape index (κ3) is 5.33. The minimum atomic E-state index is -0.444. The Morgan fingerprint density at radius 2 is 1.87 bits per heavy atom. The Morgan fingerprint density at radius 3 is 2.53 bits per heavy atom. The molecule has 0 fully saturated rings. The van der Waals surface area contributed by atoms with Gasteiger partial charge in [-0.15, -0.1) is 0 Å². The van der Waals surface area contributed by atoms with Crippen LogP contribution in [-0.4, -0.2) is 38.7 Å². The summed E-state index contributed by atoms with van der Waals surface area (Å²) in [6.45, 7) is 7.46. The summed E-state index contributed by atoms with van der Waals surface area (Å²) in [6.07, 6.45) is 7.16. The number of aromatic nitrogens is 4. The maximum absolute atomic E-state index is 12.7. The second-order valence-electron chi connectivity index (χ2n) is 6.63. The molecule has 2 heterocycles. The van der Waals surface area contributed by atoms with Crippen LogP contribution in [0.3, 0.4) is 0 Å². The number of hydrogen-bond donors (Lipinski definition) is 1. The van der Waals surface area contributed by atoms with Crippen LogP contribution >= 0.6 is 11.6 Å². The molecule has 2 aromatic heterocycles. The van der Waals surface area contributed by atoms with Crippen LogP contribution in [0.5, 0.6) is 11.5 Å². The predicted octanol–water partition coefficient (Wildman–Crippen LogP) is 4.17. The van der Waals surface area contributed by atoms with E-state index in [1.807, 2.05) is 39.0 Å². The van der Waals surface area contributed by atoms with Gasteiger partial charge in [0.05, 0.1) is 42.9 Å². The molecule has 30 heavy (non-hydrogen) atoms. The number of amides is 1. The molecule has 1 aromatic carbocycles. The lowest BCUT2D eigenvalue weighted by molar-refractivity contribution is -0.119. The summed E-state index contributed by atoms with van der Waals surface area (Å²) in [5, 5.41) is 11.9. The van der Waals surface area contributed by atoms with Crippen LogP contribution in [0.15, 0.2) is 43.0 Å². The van der Waals surface area contributed by atoms with Gasteiger partial charge >= 0.3 is 0 Å². The van der Waals surface area contributed by atoms with Gasteiger partial charge in [-0.05, 0) is 38.0 Å². The normalized spacial score (nSPS) is 11.9. The van der Waals surface area contributed by atoms with Crippen molar-refractivity contribution in [3.05, 3.63) is 53.6 Å². The third-order valence-corrected chi connectivity index (χ3v) is 4.63. The Balaban J connectivity index is 1.67. The van der Waals surface area contributed by atoms with Gasteiger partial charge in [-0.25, -0.2) is 0 Å². The highest BCUT2D eigenvalue weighted by molar-refractivity contribution is 6.30. The van der Waals surface area contributed by atoms with Crippen molar-refractivity contribution in [2.45, 2.75) is 39.8 Å². The second kappa shape index (κ2) is 10.2. The number of nitrogens with zero attached hydrogens (tertiary/aromatic N) is 4. The lowest BCUT2D eigenvalue weighted by Crippen LogP contribution is -2.25. The smallest absolute Gasteiger partial charge is 0.249 e. The number of halogens is 1. The molecule has 0 aliphatic heterocycles. The molecule has 1 N–H and O–H groups in total. The Morgan fingerprint density at radius 1 is 1.10 bits per heavy atom. The first-order valence-corrected chi connectivity index (χ1v) is 10.3. The molecule has 0 aliphatic carbocycles. The molecule has 1 unspecified atom stereocenters. The zero-order valence-corrected chi connectivity index (χ0v) is 18.1. The predicted molar refractivity (Wildman–Crippen MR) is 115 cm³/mol. The van der Waals surface area contributed by atoms with Crippen molar-refractivity contribution < 1.29 is 14.3 Å². The molecule has 0 bridgehead atoms. The first-order chi connectivity index (χ1) is 14.5. The van der Waals surface area contributed by atoms with Crippen molar-refractivity contribution in [1.29, 1.82) is 0 Å². The minimum Gasteiger partial charge on any atom is -0.490 e. The van der Waals surface area contributed by atoms with Crippen molar-refractivity contribution in [2.24, 2.45) is 0 Å². The van der Waals surface area contributed by atoms with E-state index >= 15 is 0 Å². The summed E-state index contributed by atoms with van der Waals surface area (Å²) in [5.74, 6) is 1.26. The molecule has 9 heteroatoms. The number of carbonyl (C=O) groups excluding carboxylic acids is 1. The highest BCUT2D eigenvalue weighted by atomic mass is 35.5. The molecule has 0 radical (unpaired) electrons. The van der Waals surface area contributed by atoms with E-state index in [0.29, 0.717) is 42.6 Å². The lowest BCUT2D eigenvalue weighted by atomic mass is 10.2. The van der Waals surface area contributed by atoms with Gasteiger partial charge in [-0.2, -0.15) is 10.2 Å². The van der Waals surface area contributed by atoms with E-state index < -0.39 is 6.04 Å². The fourth-order valence-corrected chi connectivity index (χ4v) is 3.24. The number of nitrogens with one attached hydrogen (secondary N) is 1. The monoisotopic (exact) mass is 431 g/mol. The largest absolute Gasteiger partial charge is 0.490 e. The average molecular weight is 432 g/mol. The maximum Gasteiger partial charge on any atom is 0.249 e. The van der Waals surface area contributed by atoms with Crippen LogP contribution < -0.4 is 14.8 Å². The molecule has 1 amide bonds. The highest BCUT2D eigenvalue weighted by Gasteiger charge is 2.20. The zero-order valence-electron chi connectivity index (χ0n) is 17.3. The quantitative estimate of drug-likeness (QED) is 0.521. The van der Waals surface area contributed by atoms with Gasteiger partial charge in [0.1, 0.15) is 6.04 Å². The van der Waals surface area contributed by atoms with Gasteiger partial charge in [-0.3, -0.25) is 14.2 Å². The Labute approximate surface area is 180 Å². The Bertz CT molecular complexity index is 985. The Kier molecular flexibility index (Phi) is 7.35. The van der Waals surface area contributed by atoms with Crippen molar-refractivity contribution >= 4 is 23.2 Å². The SMILES string of the molecule is CCOc1ccc(Cn2cc(NC(=O)C(CC)n3cc(Cl)cn3)cn2)cc1OCC. The lowest BCUT2D eigenvalue weighted by Gasteiger charge is -2.14. The maximum atomic E-state index is 12.7. The van der Waals surface area contributed by atoms with E-state index in [-0.39, 0.29) is 5.91 Å². The van der Waals surface area contributed by atoms with Crippen LogP contribution in [0.1, 0.15) is 38.8 Å². The van der Waals surface area contributed by atoms with Crippen molar-refractivity contribution in [3.63, 3.8) is 0 Å². The van der Waals surface area contributed by atoms with Crippen LogP contribution in [0.25, 0.3) is 0 Å². The summed E-state index contributed by atoms with van der Waals surface area (Å²) >= 11 is 5.92. The highest BCUT2D eigenvalue weighted by Crippen LogP contribution is 2.29. The first-order valence-electron chi connectivity index (χ1n) is 9.95. The van der Waals surface area contributed by atoms with Gasteiger partial charge in [0.15, 0.2) is 11.5 Å². The van der Waals surface area contributed by atoms with Gasteiger partial charge in [0, 0.05) is 12.4 Å². The van der Waals surface area contributed by atoms with E-state index in [4.69, 9.17) is 21.1 Å². The molecule has 0 saturated carbocycles. The van der Waals surface area contributed by atoms with Gasteiger partial charge in [0.2, 0.25) is 5.91 Å². The summed E-state index contributed by atoms with van der Waals surface area (Å²) < 4.78 is 14.6. The number of carbonyl (C=O) groups is 1. The molecule has 1 atom stereocenters. The number of hydrogen-bond acceptors (Lipinski definition) is 5. The van der Waals surface area contributed by atoms with E-state index in [9.17, 15) is 4.79 Å². The topological polar surface area (TPSA) is 83.2 Å². The van der Waals surface area contributed by atoms with Crippen LogP contribution in [0.4, 0.5) is 5.69 Å². The van der Waals surface area contributed by atoms with Crippen molar-refractivity contribution in [2.75, 3.05) is 18.5 Å². The molecule has 3 rings (SSSR count). The fourth-order valence-electron chi connectivity index (χ4n) is 3.10. The Hall–Kier alpha value is -3.00. The molecular weight excluding hydrogens is 406 g/mol. The van der Waals surface area contributed by atoms with Crippen LogP contribution in [0.2, 0.25) is 5.02 Å². The van der Waals surface area contributed by atoms with Gasteiger partial charge < -0.3 is 14.8 Å². The number of rotatable bonds is 10. The molecule has 0 spiro atoms. The molecule has 3 aromatic rings. The summed E-state index contributed by atoms with van der Waals surface area (Å²) in [7, 11) is 0. The third-order valence-electron chi connectivity index (χ3n) is 4.43. The number of benzene rings is 1. The van der Waals surface area contributed by atoms with Gasteiger partial charge in [0.25, 0.3) is 0 Å². The second-order valence-corrected chi connectivity index (χ2v) is 7.06. The summed E-state index contributed by atoms with van der Waals surface area (Å²) in [4.78, 5) is 12.7. The van der Waals surface area contributed by atoms with E-state index in [2.05, 4.69) is 15.5 Å².